The predicted molar refractivity (Wildman–Crippen MR) is 89.6 cm³/mol. The summed E-state index contributed by atoms with van der Waals surface area (Å²) in [5.74, 6) is -9.75. The van der Waals surface area contributed by atoms with Gasteiger partial charge in [0, 0.05) is 6.07 Å². The molecule has 0 saturated carbocycles. The number of pyridine rings is 1. The van der Waals surface area contributed by atoms with Gasteiger partial charge in [-0.05, 0) is 12.1 Å². The molecule has 0 radical (unpaired) electrons. The summed E-state index contributed by atoms with van der Waals surface area (Å²) >= 11 is 11.5. The fraction of sp³-hybridized carbons (Fsp3) is 0.125. The van der Waals surface area contributed by atoms with E-state index in [4.69, 9.17) is 23.2 Å². The number of halogens is 5. The van der Waals surface area contributed by atoms with Gasteiger partial charge < -0.3 is 15.1 Å². The first-order chi connectivity index (χ1) is 13.0. The van der Waals surface area contributed by atoms with Crippen LogP contribution in [0.15, 0.2) is 18.2 Å². The Morgan fingerprint density at radius 1 is 1.07 bits per heavy atom. The third-order valence-electron chi connectivity index (χ3n) is 4.18. The van der Waals surface area contributed by atoms with Crippen LogP contribution in [0.2, 0.25) is 10.2 Å². The molecule has 12 heteroatoms. The Hall–Kier alpha value is -2.85. The number of hydrogen-bond acceptors (Lipinski definition) is 5. The zero-order valence-corrected chi connectivity index (χ0v) is 14.9. The zero-order chi connectivity index (χ0) is 21.0. The number of ketones is 1. The molecule has 7 nitrogen and oxygen atoms in total. The summed E-state index contributed by atoms with van der Waals surface area (Å²) < 4.78 is 41.7. The fourth-order valence-corrected chi connectivity index (χ4v) is 3.27. The van der Waals surface area contributed by atoms with Crippen LogP contribution in [0.1, 0.15) is 10.4 Å². The van der Waals surface area contributed by atoms with Gasteiger partial charge in [0.1, 0.15) is 11.6 Å². The normalized spacial score (nSPS) is 15.3. The number of hydrogen-bond donors (Lipinski definition) is 2. The summed E-state index contributed by atoms with van der Waals surface area (Å²) in [5.41, 5.74) is -4.55. The highest BCUT2D eigenvalue weighted by atomic mass is 35.5. The number of nitrogens with zero attached hydrogens (tertiary/aromatic N) is 2. The maximum Gasteiger partial charge on any atom is 0.331 e. The molecule has 0 saturated heterocycles. The Balaban J connectivity index is 2.40. The van der Waals surface area contributed by atoms with Crippen LogP contribution in [0, 0.1) is 22.9 Å². The van der Waals surface area contributed by atoms with Gasteiger partial charge in [-0.25, -0.2) is 18.2 Å². The lowest BCUT2D eigenvalue weighted by Crippen LogP contribution is -2.56. The minimum atomic E-state index is -3.13. The van der Waals surface area contributed by atoms with Gasteiger partial charge in [0.2, 0.25) is 5.41 Å². The van der Waals surface area contributed by atoms with E-state index < -0.39 is 74.4 Å². The van der Waals surface area contributed by atoms with Crippen molar-refractivity contribution < 1.29 is 37.8 Å². The number of Topliss-reactive ketones (excluding diaryl/α,β-unsaturated/α-hetero) is 1. The van der Waals surface area contributed by atoms with Crippen molar-refractivity contribution in [2.24, 2.45) is 5.41 Å². The number of carbonyl (C=O) groups is 3. The number of carboxylic acids is 2. The zero-order valence-electron chi connectivity index (χ0n) is 13.3. The lowest BCUT2D eigenvalue weighted by Gasteiger charge is -2.37. The van der Waals surface area contributed by atoms with E-state index in [0.717, 1.165) is 0 Å². The topological polar surface area (TPSA) is 108 Å². The molecule has 3 rings (SSSR count). The highest BCUT2D eigenvalue weighted by Crippen LogP contribution is 2.44. The van der Waals surface area contributed by atoms with Crippen LogP contribution in [-0.2, 0) is 9.59 Å². The summed E-state index contributed by atoms with van der Waals surface area (Å²) in [6.07, 6.45) is 0. The minimum Gasteiger partial charge on any atom is -0.480 e. The first kappa shape index (κ1) is 19.9. The maximum atomic E-state index is 14.4. The third kappa shape index (κ3) is 2.76. The summed E-state index contributed by atoms with van der Waals surface area (Å²) in [4.78, 5) is 40.4. The van der Waals surface area contributed by atoms with Crippen LogP contribution in [0.5, 0.6) is 0 Å². The van der Waals surface area contributed by atoms with Crippen molar-refractivity contribution in [2.75, 3.05) is 11.4 Å². The number of rotatable bonds is 3. The molecule has 0 fully saturated rings. The number of fused-ring (bicyclic) bond motifs is 1. The van der Waals surface area contributed by atoms with Crippen molar-refractivity contribution in [3.8, 4) is 0 Å². The van der Waals surface area contributed by atoms with Crippen LogP contribution in [-0.4, -0.2) is 39.5 Å². The van der Waals surface area contributed by atoms with E-state index in [0.29, 0.717) is 23.1 Å². The monoisotopic (exact) mass is 434 g/mol. The van der Waals surface area contributed by atoms with Gasteiger partial charge in [0.15, 0.2) is 22.6 Å². The van der Waals surface area contributed by atoms with Gasteiger partial charge in [-0.3, -0.25) is 14.4 Å². The average molecular weight is 435 g/mol. The smallest absolute Gasteiger partial charge is 0.331 e. The predicted octanol–water partition coefficient (Wildman–Crippen LogP) is 3.30. The third-order valence-corrected chi connectivity index (χ3v) is 4.73. The number of anilines is 2. The standard InChI is InChI=1S/C16H7Cl2F3N2O5/c17-7-1-5(19)2-8(20)10(7)23-4-16(14(25)26,15(27)28)11(24)6-3-9(21)12(18)22-13(6)23/h1-3H,4H2,(H,25,26)(H,27,28). The van der Waals surface area contributed by atoms with E-state index in [-0.39, 0.29) is 0 Å². The molecule has 28 heavy (non-hydrogen) atoms. The van der Waals surface area contributed by atoms with Gasteiger partial charge in [0.25, 0.3) is 0 Å². The van der Waals surface area contributed by atoms with E-state index in [2.05, 4.69) is 4.98 Å². The molecule has 1 aromatic heterocycles. The van der Waals surface area contributed by atoms with Gasteiger partial charge in [-0.15, -0.1) is 0 Å². The van der Waals surface area contributed by atoms with E-state index >= 15 is 0 Å². The number of carbonyl (C=O) groups excluding carboxylic acids is 1. The largest absolute Gasteiger partial charge is 0.480 e. The summed E-state index contributed by atoms with van der Waals surface area (Å²) in [6, 6.07) is 1.59. The highest BCUT2D eigenvalue weighted by molar-refractivity contribution is 6.34. The molecule has 0 unspecified atom stereocenters. The summed E-state index contributed by atoms with van der Waals surface area (Å²) in [7, 11) is 0. The van der Waals surface area contributed by atoms with Crippen molar-refractivity contribution in [3.63, 3.8) is 0 Å². The van der Waals surface area contributed by atoms with Crippen LogP contribution in [0.3, 0.4) is 0 Å². The van der Waals surface area contributed by atoms with E-state index in [1.807, 2.05) is 0 Å². The maximum absolute atomic E-state index is 14.4. The Kier molecular flexibility index (Phi) is 4.72. The van der Waals surface area contributed by atoms with Gasteiger partial charge in [-0.1, -0.05) is 23.2 Å². The van der Waals surface area contributed by atoms with Crippen LogP contribution < -0.4 is 4.90 Å². The van der Waals surface area contributed by atoms with Crippen LogP contribution in [0.25, 0.3) is 0 Å². The molecule has 0 spiro atoms. The number of benzene rings is 1. The lowest BCUT2D eigenvalue weighted by molar-refractivity contribution is -0.159. The summed E-state index contributed by atoms with van der Waals surface area (Å²) in [6.45, 7) is -1.15. The Morgan fingerprint density at radius 2 is 1.68 bits per heavy atom. The molecular formula is C16H7Cl2F3N2O5. The first-order valence-corrected chi connectivity index (χ1v) is 8.06. The second kappa shape index (κ2) is 6.64. The van der Waals surface area contributed by atoms with E-state index in [1.54, 1.807) is 0 Å². The summed E-state index contributed by atoms with van der Waals surface area (Å²) in [5, 5.41) is 17.6. The number of carboxylic acid groups (broad SMARTS) is 2. The molecular weight excluding hydrogens is 428 g/mol. The molecule has 0 amide bonds. The SMILES string of the molecule is O=C(O)C1(C(=O)O)CN(c2c(F)cc(F)cc2Cl)c2nc(Cl)c(F)cc2C1=O. The van der Waals surface area contributed by atoms with Crippen LogP contribution in [0.4, 0.5) is 24.7 Å². The minimum absolute atomic E-state index is 0.408. The molecule has 1 aliphatic rings. The molecule has 146 valence electrons. The van der Waals surface area contributed by atoms with E-state index in [9.17, 15) is 37.8 Å². The molecule has 1 aromatic carbocycles. The fourth-order valence-electron chi connectivity index (χ4n) is 2.84. The van der Waals surface area contributed by atoms with Crippen molar-refractivity contribution in [1.82, 2.24) is 4.98 Å². The highest BCUT2D eigenvalue weighted by Gasteiger charge is 2.59. The van der Waals surface area contributed by atoms with Crippen molar-refractivity contribution >= 4 is 52.4 Å². The quantitative estimate of drug-likeness (QED) is 0.563. The molecule has 1 aliphatic heterocycles. The Morgan fingerprint density at radius 3 is 2.21 bits per heavy atom. The lowest BCUT2D eigenvalue weighted by atomic mass is 9.77. The van der Waals surface area contributed by atoms with Crippen molar-refractivity contribution in [3.05, 3.63) is 51.4 Å². The van der Waals surface area contributed by atoms with Gasteiger partial charge >= 0.3 is 11.9 Å². The number of aromatic nitrogens is 1. The Labute approximate surface area is 163 Å². The second-order valence-corrected chi connectivity index (χ2v) is 6.55. The van der Waals surface area contributed by atoms with Crippen molar-refractivity contribution in [1.29, 1.82) is 0 Å². The molecule has 0 bridgehead atoms. The molecule has 2 aromatic rings. The van der Waals surface area contributed by atoms with Crippen molar-refractivity contribution in [2.45, 2.75) is 0 Å². The average Bonchev–Trinajstić information content (AvgIpc) is 2.57. The number of aliphatic carboxylic acids is 2. The molecule has 0 atom stereocenters. The molecule has 2 heterocycles. The van der Waals surface area contributed by atoms with Gasteiger partial charge in [0.05, 0.1) is 22.8 Å². The molecule has 2 N–H and O–H groups in total. The van der Waals surface area contributed by atoms with Crippen LogP contribution >= 0.6 is 23.2 Å². The first-order valence-electron chi connectivity index (χ1n) is 7.30. The van der Waals surface area contributed by atoms with E-state index in [1.165, 1.54) is 0 Å². The Bertz CT molecular complexity index is 1030. The van der Waals surface area contributed by atoms with Gasteiger partial charge in [-0.2, -0.15) is 0 Å². The second-order valence-electron chi connectivity index (χ2n) is 5.78. The molecule has 0 aliphatic carbocycles.